The van der Waals surface area contributed by atoms with E-state index >= 15 is 0 Å². The van der Waals surface area contributed by atoms with Crippen LogP contribution in [0.25, 0.3) is 11.0 Å². The molecule has 3 aromatic heterocycles. The molecule has 3 heterocycles. The van der Waals surface area contributed by atoms with Gasteiger partial charge in [-0.25, -0.2) is 9.97 Å². The smallest absolute Gasteiger partial charge is 0.232 e. The zero-order valence-electron chi connectivity index (χ0n) is 11.4. The van der Waals surface area contributed by atoms with Crippen LogP contribution in [0, 0.1) is 6.92 Å². The Labute approximate surface area is 127 Å². The number of aromatic amines is 1. The van der Waals surface area contributed by atoms with Crippen LogP contribution in [-0.4, -0.2) is 34.5 Å². The number of ketones is 1. The van der Waals surface area contributed by atoms with Crippen molar-refractivity contribution < 1.29 is 13.6 Å². The number of nitrogens with zero attached hydrogens (tertiary/aromatic N) is 3. The van der Waals surface area contributed by atoms with Crippen LogP contribution < -0.4 is 4.72 Å². The molecule has 0 saturated carbocycles. The third kappa shape index (κ3) is 2.59. The third-order valence-electron chi connectivity index (χ3n) is 3.00. The first-order valence-electron chi connectivity index (χ1n) is 6.21. The molecule has 1 atom stereocenters. The number of carbonyl (C=O) groups excluding carboxylic acids is 1. The fourth-order valence-corrected chi connectivity index (χ4v) is 2.42. The summed E-state index contributed by atoms with van der Waals surface area (Å²) in [6, 6.07) is 3.21. The minimum Gasteiger partial charge on any atom is -0.755 e. The lowest BCUT2D eigenvalue weighted by Crippen LogP contribution is -2.13. The summed E-state index contributed by atoms with van der Waals surface area (Å²) < 4.78 is 24.0. The van der Waals surface area contributed by atoms with Crippen molar-refractivity contribution >= 4 is 33.8 Å². The minimum atomic E-state index is -2.56. The molecule has 1 unspecified atom stereocenters. The molecule has 2 N–H and O–H groups in total. The summed E-state index contributed by atoms with van der Waals surface area (Å²) in [6.45, 7) is 1.75. The van der Waals surface area contributed by atoms with E-state index in [4.69, 9.17) is 0 Å². The van der Waals surface area contributed by atoms with Gasteiger partial charge in [-0.15, -0.1) is 0 Å². The van der Waals surface area contributed by atoms with Crippen LogP contribution in [0.3, 0.4) is 0 Å². The van der Waals surface area contributed by atoms with E-state index in [1.165, 1.54) is 18.6 Å². The van der Waals surface area contributed by atoms with Crippen molar-refractivity contribution in [3.8, 4) is 0 Å². The van der Waals surface area contributed by atoms with E-state index in [-0.39, 0.29) is 17.1 Å². The van der Waals surface area contributed by atoms with Gasteiger partial charge in [0.05, 0.1) is 5.69 Å². The Kier molecular flexibility index (Phi) is 3.65. The number of pyridine rings is 1. The zero-order chi connectivity index (χ0) is 15.7. The Balaban J connectivity index is 2.12. The number of carbonyl (C=O) groups is 1. The number of nitrogens with one attached hydrogen (secondary N) is 2. The molecule has 0 radical (unpaired) electrons. The van der Waals surface area contributed by atoms with Gasteiger partial charge in [-0.2, -0.15) is 0 Å². The first kappa shape index (κ1) is 14.3. The van der Waals surface area contributed by atoms with E-state index in [1.807, 2.05) is 0 Å². The minimum absolute atomic E-state index is 0.0176. The van der Waals surface area contributed by atoms with Gasteiger partial charge in [-0.05, 0) is 24.6 Å². The lowest BCUT2D eigenvalue weighted by molar-refractivity contribution is 0.103. The molecule has 0 aliphatic rings. The normalized spacial score (nSPS) is 12.3. The molecule has 22 heavy (non-hydrogen) atoms. The number of aryl methyl sites for hydroxylation is 1. The highest BCUT2D eigenvalue weighted by Gasteiger charge is 2.20. The quantitative estimate of drug-likeness (QED) is 0.548. The highest BCUT2D eigenvalue weighted by molar-refractivity contribution is 7.80. The Morgan fingerprint density at radius 2 is 2.14 bits per heavy atom. The van der Waals surface area contributed by atoms with E-state index in [1.54, 1.807) is 19.2 Å². The Morgan fingerprint density at radius 3 is 2.91 bits per heavy atom. The number of aromatic nitrogens is 4. The van der Waals surface area contributed by atoms with E-state index in [0.717, 1.165) is 5.56 Å². The molecule has 0 aliphatic heterocycles. The monoisotopic (exact) mass is 316 g/mol. The first-order chi connectivity index (χ1) is 10.6. The Hall–Kier alpha value is -2.65. The summed E-state index contributed by atoms with van der Waals surface area (Å²) in [4.78, 5) is 27.6. The molecule has 0 aromatic carbocycles. The average Bonchev–Trinajstić information content (AvgIpc) is 2.94. The number of fused-ring (bicyclic) bond motifs is 1. The molecule has 112 valence electrons. The number of H-pyrrole nitrogens is 1. The topological polar surface area (TPSA) is 124 Å². The summed E-state index contributed by atoms with van der Waals surface area (Å²) in [5.74, 6) is -0.486. The molecular formula is C13H10N5O3S-. The van der Waals surface area contributed by atoms with E-state index < -0.39 is 17.0 Å². The molecule has 0 aliphatic carbocycles. The second kappa shape index (κ2) is 5.62. The van der Waals surface area contributed by atoms with Gasteiger partial charge in [0.15, 0.2) is 0 Å². The van der Waals surface area contributed by atoms with Gasteiger partial charge >= 0.3 is 0 Å². The van der Waals surface area contributed by atoms with Crippen LogP contribution in [0.4, 0.5) is 5.69 Å². The largest absolute Gasteiger partial charge is 0.755 e. The summed E-state index contributed by atoms with van der Waals surface area (Å²) in [5, 5.41) is 0.545. The molecule has 8 nitrogen and oxygen atoms in total. The molecule has 0 saturated heterocycles. The predicted molar refractivity (Wildman–Crippen MR) is 78.8 cm³/mol. The maximum atomic E-state index is 12.7. The van der Waals surface area contributed by atoms with Crippen LogP contribution in [-0.2, 0) is 11.3 Å². The van der Waals surface area contributed by atoms with Gasteiger partial charge in [0.25, 0.3) is 0 Å². The van der Waals surface area contributed by atoms with E-state index in [2.05, 4.69) is 24.7 Å². The van der Waals surface area contributed by atoms with Gasteiger partial charge in [0.2, 0.25) is 5.78 Å². The summed E-state index contributed by atoms with van der Waals surface area (Å²) >= 11 is -2.56. The first-order valence-corrected chi connectivity index (χ1v) is 7.29. The van der Waals surface area contributed by atoms with Crippen LogP contribution in [0.15, 0.2) is 30.9 Å². The lowest BCUT2D eigenvalue weighted by Gasteiger charge is -2.12. The van der Waals surface area contributed by atoms with Gasteiger partial charge < -0.3 is 14.3 Å². The molecule has 9 heteroatoms. The number of rotatable bonds is 4. The van der Waals surface area contributed by atoms with Crippen LogP contribution in [0.2, 0.25) is 0 Å². The fraction of sp³-hybridized carbons (Fsp3) is 0.0769. The Morgan fingerprint density at radius 1 is 1.32 bits per heavy atom. The molecule has 0 amide bonds. The van der Waals surface area contributed by atoms with Gasteiger partial charge in [0, 0.05) is 29.0 Å². The maximum Gasteiger partial charge on any atom is 0.232 e. The van der Waals surface area contributed by atoms with Crippen molar-refractivity contribution in [3.63, 3.8) is 0 Å². The Bertz CT molecular complexity index is 892. The summed E-state index contributed by atoms with van der Waals surface area (Å²) in [6.07, 6.45) is 4.39. The molecule has 3 rings (SSSR count). The SMILES string of the molecule is Cc1cnc(C(=O)c2ncnc3[nH]ccc23)c(NS(=O)[O-])c1. The second-order valence-corrected chi connectivity index (χ2v) is 5.21. The van der Waals surface area contributed by atoms with Crippen molar-refractivity contribution in [1.82, 2.24) is 19.9 Å². The van der Waals surface area contributed by atoms with Crippen molar-refractivity contribution in [2.24, 2.45) is 0 Å². The molecule has 0 bridgehead atoms. The highest BCUT2D eigenvalue weighted by atomic mass is 32.2. The van der Waals surface area contributed by atoms with Crippen molar-refractivity contribution in [2.75, 3.05) is 4.72 Å². The summed E-state index contributed by atoms with van der Waals surface area (Å²) in [7, 11) is 0. The second-order valence-electron chi connectivity index (χ2n) is 4.54. The summed E-state index contributed by atoms with van der Waals surface area (Å²) in [5.41, 5.74) is 1.49. The van der Waals surface area contributed by atoms with Gasteiger partial charge in [0.1, 0.15) is 23.4 Å². The van der Waals surface area contributed by atoms with Gasteiger partial charge in [-0.1, -0.05) is 0 Å². The van der Waals surface area contributed by atoms with Gasteiger partial charge in [-0.3, -0.25) is 14.0 Å². The van der Waals surface area contributed by atoms with Crippen molar-refractivity contribution in [3.05, 3.63) is 47.8 Å². The molecular weight excluding hydrogens is 306 g/mol. The molecule has 0 fully saturated rings. The standard InChI is InChI=1S/C13H11N5O3S/c1-7-4-9(18-22(20)21)11(15-5-7)12(19)10-8-2-3-14-13(8)17-6-16-10/h2-6,18H,1H3,(H,20,21)(H,14,16,17)/p-1. The van der Waals surface area contributed by atoms with Crippen molar-refractivity contribution in [2.45, 2.75) is 6.92 Å². The molecule has 3 aromatic rings. The van der Waals surface area contributed by atoms with Crippen LogP contribution in [0.5, 0.6) is 0 Å². The number of anilines is 1. The number of hydrogen-bond donors (Lipinski definition) is 2. The zero-order valence-corrected chi connectivity index (χ0v) is 12.2. The van der Waals surface area contributed by atoms with Crippen LogP contribution in [0.1, 0.15) is 21.7 Å². The van der Waals surface area contributed by atoms with E-state index in [0.29, 0.717) is 11.0 Å². The van der Waals surface area contributed by atoms with Crippen LogP contribution >= 0.6 is 0 Å². The molecule has 0 spiro atoms. The lowest BCUT2D eigenvalue weighted by atomic mass is 10.1. The fourth-order valence-electron chi connectivity index (χ4n) is 2.08. The number of hydrogen-bond acceptors (Lipinski definition) is 6. The third-order valence-corrected chi connectivity index (χ3v) is 3.39. The van der Waals surface area contributed by atoms with Crippen molar-refractivity contribution in [1.29, 1.82) is 0 Å². The van der Waals surface area contributed by atoms with E-state index in [9.17, 15) is 13.6 Å². The predicted octanol–water partition coefficient (Wildman–Crippen LogP) is 1.10. The maximum absolute atomic E-state index is 12.7. The average molecular weight is 316 g/mol. The highest BCUT2D eigenvalue weighted by Crippen LogP contribution is 2.21.